The molecule has 2 aliphatic carbocycles. The van der Waals surface area contributed by atoms with Gasteiger partial charge in [0.1, 0.15) is 5.82 Å². The summed E-state index contributed by atoms with van der Waals surface area (Å²) >= 11 is 0. The molecule has 3 fully saturated rings. The first-order chi connectivity index (χ1) is 21.4. The van der Waals surface area contributed by atoms with Crippen LogP contribution in [0.1, 0.15) is 78.9 Å². The first-order valence-corrected chi connectivity index (χ1v) is 16.0. The van der Waals surface area contributed by atoms with Crippen molar-refractivity contribution in [2.24, 2.45) is 18.9 Å². The fourth-order valence-corrected chi connectivity index (χ4v) is 8.02. The number of piperidine rings is 1. The largest absolute Gasteiger partial charge is 0.382 e. The number of aromatic nitrogens is 2. The molecular formula is C36H40FN5O2. The Morgan fingerprint density at radius 3 is 2.48 bits per heavy atom. The summed E-state index contributed by atoms with van der Waals surface area (Å²) in [6.07, 6.45) is 10.1. The van der Waals surface area contributed by atoms with Crippen molar-refractivity contribution in [1.82, 2.24) is 14.7 Å². The zero-order valence-corrected chi connectivity index (χ0v) is 25.4. The van der Waals surface area contributed by atoms with E-state index in [4.69, 9.17) is 0 Å². The predicted octanol–water partition coefficient (Wildman–Crippen LogP) is 7.39. The van der Waals surface area contributed by atoms with Crippen molar-refractivity contribution < 1.29 is 14.0 Å². The molecule has 3 aliphatic rings. The van der Waals surface area contributed by atoms with Gasteiger partial charge >= 0.3 is 0 Å². The number of anilines is 2. The SMILES string of the molecule is Cc1cccc(F)c1C(=O)N1[C@@H]2CCC[C@@H]2C[C@H](C(=O)Nc2ccc3c(cnn3C)c2)[C@@H]1c1ccc(NC2CCCC2)cc1. The predicted molar refractivity (Wildman–Crippen MR) is 171 cm³/mol. The van der Waals surface area contributed by atoms with E-state index in [0.717, 1.165) is 41.4 Å². The first-order valence-electron chi connectivity index (χ1n) is 16.0. The number of hydrogen-bond donors (Lipinski definition) is 2. The third-order valence-corrected chi connectivity index (χ3v) is 10.2. The van der Waals surface area contributed by atoms with Crippen LogP contribution in [0.5, 0.6) is 0 Å². The maximum atomic E-state index is 15.3. The molecule has 1 aliphatic heterocycles. The van der Waals surface area contributed by atoms with Gasteiger partial charge in [0.25, 0.3) is 5.91 Å². The van der Waals surface area contributed by atoms with Gasteiger partial charge in [0.2, 0.25) is 5.91 Å². The number of fused-ring (bicyclic) bond motifs is 2. The van der Waals surface area contributed by atoms with E-state index in [1.54, 1.807) is 29.9 Å². The van der Waals surface area contributed by atoms with Crippen molar-refractivity contribution in [2.75, 3.05) is 10.6 Å². The summed E-state index contributed by atoms with van der Waals surface area (Å²) in [6.45, 7) is 1.78. The third kappa shape index (κ3) is 5.24. The molecule has 2 N–H and O–H groups in total. The fraction of sp³-hybridized carbons (Fsp3) is 0.417. The van der Waals surface area contributed by atoms with Gasteiger partial charge in [-0.3, -0.25) is 14.3 Å². The van der Waals surface area contributed by atoms with Crippen LogP contribution in [0.3, 0.4) is 0 Å². The third-order valence-electron chi connectivity index (χ3n) is 10.2. The Bertz CT molecular complexity index is 1670. The Kier molecular flexibility index (Phi) is 7.60. The lowest BCUT2D eigenvalue weighted by Crippen LogP contribution is -2.54. The van der Waals surface area contributed by atoms with E-state index in [1.165, 1.54) is 31.7 Å². The van der Waals surface area contributed by atoms with E-state index in [2.05, 4.69) is 27.9 Å². The number of nitrogens with zero attached hydrogens (tertiary/aromatic N) is 3. The number of nitrogens with one attached hydrogen (secondary N) is 2. The van der Waals surface area contributed by atoms with Gasteiger partial charge in [-0.25, -0.2) is 4.39 Å². The first kappa shape index (κ1) is 28.6. The smallest absolute Gasteiger partial charge is 0.257 e. The topological polar surface area (TPSA) is 79.3 Å². The van der Waals surface area contributed by atoms with E-state index in [0.29, 0.717) is 23.7 Å². The van der Waals surface area contributed by atoms with Crippen molar-refractivity contribution in [1.29, 1.82) is 0 Å². The lowest BCUT2D eigenvalue weighted by Gasteiger charge is -2.48. The van der Waals surface area contributed by atoms with Crippen LogP contribution in [0.4, 0.5) is 15.8 Å². The van der Waals surface area contributed by atoms with Crippen LogP contribution in [0, 0.1) is 24.6 Å². The molecule has 1 saturated heterocycles. The van der Waals surface area contributed by atoms with E-state index < -0.39 is 17.8 Å². The molecule has 2 heterocycles. The zero-order chi connectivity index (χ0) is 30.4. The second-order valence-corrected chi connectivity index (χ2v) is 13.0. The number of rotatable bonds is 6. The van der Waals surface area contributed by atoms with Crippen LogP contribution in [0.15, 0.2) is 66.9 Å². The molecule has 2 saturated carbocycles. The molecule has 3 aromatic carbocycles. The average Bonchev–Trinajstić information content (AvgIpc) is 3.78. The number of carbonyl (C=O) groups excluding carboxylic acids is 2. The highest BCUT2D eigenvalue weighted by Gasteiger charge is 2.50. The molecule has 4 aromatic rings. The second kappa shape index (κ2) is 11.7. The second-order valence-electron chi connectivity index (χ2n) is 13.0. The number of carbonyl (C=O) groups is 2. The summed E-state index contributed by atoms with van der Waals surface area (Å²) in [5, 5.41) is 12.1. The summed E-state index contributed by atoms with van der Waals surface area (Å²) in [5.41, 5.74) is 4.33. The number of aryl methyl sites for hydroxylation is 2. The van der Waals surface area contributed by atoms with Crippen molar-refractivity contribution in [3.05, 3.63) is 89.4 Å². The molecule has 8 heteroatoms. The van der Waals surface area contributed by atoms with Gasteiger partial charge in [0.05, 0.1) is 29.2 Å². The number of likely N-dealkylation sites (tertiary alicyclic amines) is 1. The highest BCUT2D eigenvalue weighted by atomic mass is 19.1. The van der Waals surface area contributed by atoms with Crippen molar-refractivity contribution >= 4 is 34.1 Å². The van der Waals surface area contributed by atoms with Crippen LogP contribution in [0.25, 0.3) is 10.9 Å². The maximum Gasteiger partial charge on any atom is 0.257 e. The summed E-state index contributed by atoms with van der Waals surface area (Å²) in [5.74, 6) is -1.29. The van der Waals surface area contributed by atoms with Crippen LogP contribution in [-0.2, 0) is 11.8 Å². The van der Waals surface area contributed by atoms with Crippen LogP contribution < -0.4 is 10.6 Å². The maximum absolute atomic E-state index is 15.3. The van der Waals surface area contributed by atoms with E-state index in [9.17, 15) is 9.59 Å². The Labute approximate surface area is 257 Å². The molecule has 4 atom stereocenters. The molecule has 2 amide bonds. The molecule has 0 spiro atoms. The zero-order valence-electron chi connectivity index (χ0n) is 25.4. The van der Waals surface area contributed by atoms with Gasteiger partial charge in [-0.15, -0.1) is 0 Å². The summed E-state index contributed by atoms with van der Waals surface area (Å²) < 4.78 is 17.1. The Hall–Kier alpha value is -4.20. The minimum atomic E-state index is -0.525. The van der Waals surface area contributed by atoms with E-state index in [-0.39, 0.29) is 29.3 Å². The molecule has 0 radical (unpaired) electrons. The number of halogens is 1. The minimum Gasteiger partial charge on any atom is -0.382 e. The summed E-state index contributed by atoms with van der Waals surface area (Å²) in [6, 6.07) is 18.7. The van der Waals surface area contributed by atoms with Crippen molar-refractivity contribution in [2.45, 2.75) is 76.4 Å². The molecule has 0 bridgehead atoms. The Morgan fingerprint density at radius 2 is 1.70 bits per heavy atom. The van der Waals surface area contributed by atoms with Crippen LogP contribution >= 0.6 is 0 Å². The van der Waals surface area contributed by atoms with Crippen molar-refractivity contribution in [3.8, 4) is 0 Å². The Balaban J connectivity index is 1.27. The normalized spacial score (nSPS) is 23.6. The molecule has 228 valence electrons. The van der Waals surface area contributed by atoms with Gasteiger partial charge < -0.3 is 15.5 Å². The summed E-state index contributed by atoms with van der Waals surface area (Å²) in [4.78, 5) is 30.6. The molecule has 7 nitrogen and oxygen atoms in total. The van der Waals surface area contributed by atoms with E-state index in [1.807, 2.05) is 42.3 Å². The molecule has 1 aromatic heterocycles. The Morgan fingerprint density at radius 1 is 0.932 bits per heavy atom. The highest BCUT2D eigenvalue weighted by Crippen LogP contribution is 2.49. The number of amides is 2. The molecule has 7 rings (SSSR count). The molecular weight excluding hydrogens is 553 g/mol. The summed E-state index contributed by atoms with van der Waals surface area (Å²) in [7, 11) is 1.89. The number of benzene rings is 3. The van der Waals surface area contributed by atoms with E-state index >= 15 is 4.39 Å². The van der Waals surface area contributed by atoms with Crippen molar-refractivity contribution in [3.63, 3.8) is 0 Å². The lowest BCUT2D eigenvalue weighted by atomic mass is 9.76. The molecule has 0 unspecified atom stereocenters. The van der Waals surface area contributed by atoms with Crippen LogP contribution in [-0.4, -0.2) is 38.6 Å². The quantitative estimate of drug-likeness (QED) is 0.244. The van der Waals surface area contributed by atoms with Gasteiger partial charge in [0.15, 0.2) is 0 Å². The van der Waals surface area contributed by atoms with Gasteiger partial charge in [-0.1, -0.05) is 43.5 Å². The molecule has 44 heavy (non-hydrogen) atoms. The van der Waals surface area contributed by atoms with Crippen LogP contribution in [0.2, 0.25) is 0 Å². The lowest BCUT2D eigenvalue weighted by molar-refractivity contribution is -0.125. The highest BCUT2D eigenvalue weighted by molar-refractivity contribution is 5.99. The minimum absolute atomic E-state index is 0.0430. The van der Waals surface area contributed by atoms with Gasteiger partial charge in [0, 0.05) is 35.9 Å². The number of hydrogen-bond acceptors (Lipinski definition) is 4. The van der Waals surface area contributed by atoms with Gasteiger partial charge in [-0.2, -0.15) is 5.10 Å². The monoisotopic (exact) mass is 593 g/mol. The fourth-order valence-electron chi connectivity index (χ4n) is 8.02. The standard InChI is InChI=1S/C36H40FN5O2/c1-22-7-5-11-30(37)33(22)36(44)42-32-12-6-8-24(32)20-29(35(43)40-28-17-18-31-25(19-28)21-38-41(31)2)34(42)23-13-15-27(16-14-23)39-26-9-3-4-10-26/h5,7,11,13-19,21,24,26,29,32,34,39H,3-4,6,8-10,12,20H2,1-2H3,(H,40,43)/t24-,29+,32-,34+/m1/s1. The average molecular weight is 594 g/mol. The van der Waals surface area contributed by atoms with Gasteiger partial charge in [-0.05, 0) is 92.5 Å².